The largest absolute Gasteiger partial charge is 0.494 e. The van der Waals surface area contributed by atoms with Gasteiger partial charge in [0.2, 0.25) is 5.91 Å². The predicted octanol–water partition coefficient (Wildman–Crippen LogP) is 4.98. The first-order valence-corrected chi connectivity index (χ1v) is 9.60. The molecule has 0 fully saturated rings. The maximum absolute atomic E-state index is 12.3. The van der Waals surface area contributed by atoms with E-state index < -0.39 is 0 Å². The molecule has 3 aromatic rings. The van der Waals surface area contributed by atoms with Gasteiger partial charge >= 0.3 is 0 Å². The predicted molar refractivity (Wildman–Crippen MR) is 111 cm³/mol. The Balaban J connectivity index is 1.75. The topological polar surface area (TPSA) is 54.8 Å². The van der Waals surface area contributed by atoms with E-state index in [9.17, 15) is 4.79 Å². The van der Waals surface area contributed by atoms with Gasteiger partial charge in [-0.2, -0.15) is 5.10 Å². The molecule has 142 valence electrons. The third kappa shape index (κ3) is 3.45. The van der Waals surface area contributed by atoms with Gasteiger partial charge in [-0.25, -0.2) is 9.99 Å². The number of aromatic nitrogens is 1. The van der Waals surface area contributed by atoms with Gasteiger partial charge in [-0.05, 0) is 36.8 Å². The molecule has 0 saturated heterocycles. The Labute approximate surface area is 168 Å². The van der Waals surface area contributed by atoms with Crippen molar-refractivity contribution in [1.82, 2.24) is 9.99 Å². The van der Waals surface area contributed by atoms with Crippen LogP contribution in [0.25, 0.3) is 10.9 Å². The van der Waals surface area contributed by atoms with Crippen LogP contribution in [0.4, 0.5) is 0 Å². The van der Waals surface area contributed by atoms with Crippen molar-refractivity contribution in [3.63, 3.8) is 0 Å². The highest BCUT2D eigenvalue weighted by Gasteiger charge is 2.33. The Kier molecular flexibility index (Phi) is 5.01. The number of nitrogens with zero attached hydrogens (tertiary/aromatic N) is 3. The van der Waals surface area contributed by atoms with E-state index in [0.29, 0.717) is 18.2 Å². The molecule has 28 heavy (non-hydrogen) atoms. The van der Waals surface area contributed by atoms with Gasteiger partial charge < -0.3 is 4.74 Å². The van der Waals surface area contributed by atoms with Crippen molar-refractivity contribution >= 4 is 34.1 Å². The number of hydrogen-bond donors (Lipinski definition) is 0. The second kappa shape index (κ2) is 7.60. The molecular formula is C22H20ClN3O2. The molecule has 0 aliphatic carbocycles. The van der Waals surface area contributed by atoms with Crippen LogP contribution < -0.4 is 4.74 Å². The van der Waals surface area contributed by atoms with Gasteiger partial charge in [0.1, 0.15) is 10.9 Å². The summed E-state index contributed by atoms with van der Waals surface area (Å²) in [5.41, 5.74) is 3.43. The molecule has 0 radical (unpaired) electrons. The number of ether oxygens (including phenoxy) is 1. The highest BCUT2D eigenvalue weighted by Crippen LogP contribution is 2.37. The summed E-state index contributed by atoms with van der Waals surface area (Å²) in [6.45, 7) is 4.05. The number of carbonyl (C=O) groups is 1. The van der Waals surface area contributed by atoms with Crippen LogP contribution in [0.5, 0.6) is 5.75 Å². The summed E-state index contributed by atoms with van der Waals surface area (Å²) in [4.78, 5) is 16.8. The van der Waals surface area contributed by atoms with Crippen molar-refractivity contribution in [2.45, 2.75) is 26.3 Å². The van der Waals surface area contributed by atoms with Crippen LogP contribution in [0.1, 0.15) is 37.4 Å². The van der Waals surface area contributed by atoms with Gasteiger partial charge in [-0.1, -0.05) is 41.9 Å². The number of halogens is 1. The van der Waals surface area contributed by atoms with Gasteiger partial charge in [0, 0.05) is 24.3 Å². The first kappa shape index (κ1) is 18.4. The average Bonchev–Trinajstić information content (AvgIpc) is 3.14. The summed E-state index contributed by atoms with van der Waals surface area (Å²) in [5, 5.41) is 7.38. The summed E-state index contributed by atoms with van der Waals surface area (Å²) in [6, 6.07) is 17.3. The Morgan fingerprint density at radius 3 is 2.71 bits per heavy atom. The molecule has 2 heterocycles. The van der Waals surface area contributed by atoms with E-state index in [1.54, 1.807) is 0 Å². The fourth-order valence-electron chi connectivity index (χ4n) is 3.49. The first-order chi connectivity index (χ1) is 13.6. The molecule has 4 rings (SSSR count). The summed E-state index contributed by atoms with van der Waals surface area (Å²) >= 11 is 6.52. The Morgan fingerprint density at radius 1 is 1.21 bits per heavy atom. The zero-order chi connectivity index (χ0) is 19.7. The van der Waals surface area contributed by atoms with Gasteiger partial charge in [0.05, 0.1) is 23.9 Å². The molecule has 0 bridgehead atoms. The molecule has 1 amide bonds. The average molecular weight is 394 g/mol. The van der Waals surface area contributed by atoms with E-state index in [0.717, 1.165) is 33.5 Å². The highest BCUT2D eigenvalue weighted by molar-refractivity contribution is 6.30. The number of hydrazone groups is 1. The van der Waals surface area contributed by atoms with Crippen molar-refractivity contribution in [3.05, 3.63) is 70.9 Å². The van der Waals surface area contributed by atoms with Crippen molar-refractivity contribution in [1.29, 1.82) is 0 Å². The quantitative estimate of drug-likeness (QED) is 0.587. The second-order valence-corrected chi connectivity index (χ2v) is 7.01. The normalized spacial score (nSPS) is 16.3. The smallest absolute Gasteiger partial charge is 0.240 e. The van der Waals surface area contributed by atoms with E-state index in [1.165, 1.54) is 11.9 Å². The van der Waals surface area contributed by atoms with E-state index in [4.69, 9.17) is 16.3 Å². The molecule has 1 aliphatic heterocycles. The first-order valence-electron chi connectivity index (χ1n) is 9.22. The van der Waals surface area contributed by atoms with E-state index in [2.05, 4.69) is 10.1 Å². The Hall–Kier alpha value is -2.92. The molecule has 1 aliphatic rings. The summed E-state index contributed by atoms with van der Waals surface area (Å²) in [7, 11) is 0. The number of fused-ring (bicyclic) bond motifs is 1. The lowest BCUT2D eigenvalue weighted by Gasteiger charge is -2.21. The molecule has 2 aromatic carbocycles. The number of hydrogen-bond acceptors (Lipinski definition) is 4. The third-order valence-corrected chi connectivity index (χ3v) is 5.08. The van der Waals surface area contributed by atoms with Crippen LogP contribution in [0.2, 0.25) is 5.15 Å². The minimum absolute atomic E-state index is 0.129. The Bertz CT molecular complexity index is 1070. The van der Waals surface area contributed by atoms with Crippen LogP contribution in [-0.2, 0) is 4.79 Å². The standard InChI is InChI=1S/C22H20ClN3O2/c1-3-28-17-9-10-19-16(11-17)12-18(22(23)24-19)21-13-20(25-26(21)14(2)27)15-7-5-4-6-8-15/h4-12,21H,3,13H2,1-2H3/t21-/m1/s1. The molecule has 0 unspecified atom stereocenters. The van der Waals surface area contributed by atoms with Crippen LogP contribution in [0.15, 0.2) is 59.7 Å². The lowest BCUT2D eigenvalue weighted by Crippen LogP contribution is -2.24. The van der Waals surface area contributed by atoms with Crippen molar-refractivity contribution < 1.29 is 9.53 Å². The number of rotatable bonds is 4. The van der Waals surface area contributed by atoms with E-state index in [1.807, 2.05) is 61.5 Å². The van der Waals surface area contributed by atoms with Gasteiger partial charge in [0.15, 0.2) is 0 Å². The summed E-state index contributed by atoms with van der Waals surface area (Å²) in [5.74, 6) is 0.649. The van der Waals surface area contributed by atoms with Gasteiger partial charge in [-0.3, -0.25) is 4.79 Å². The fourth-order valence-corrected chi connectivity index (χ4v) is 3.76. The number of amides is 1. The number of benzene rings is 2. The molecule has 0 spiro atoms. The maximum atomic E-state index is 12.3. The number of carbonyl (C=O) groups excluding carboxylic acids is 1. The summed E-state index contributed by atoms with van der Waals surface area (Å²) < 4.78 is 5.60. The molecular weight excluding hydrogens is 374 g/mol. The molecule has 1 atom stereocenters. The van der Waals surface area contributed by atoms with Crippen LogP contribution >= 0.6 is 11.6 Å². The van der Waals surface area contributed by atoms with Gasteiger partial charge in [0.25, 0.3) is 0 Å². The maximum Gasteiger partial charge on any atom is 0.240 e. The van der Waals surface area contributed by atoms with Crippen LogP contribution in [0, 0.1) is 0 Å². The third-order valence-electron chi connectivity index (χ3n) is 4.78. The fraction of sp³-hybridized carbons (Fsp3) is 0.227. The minimum Gasteiger partial charge on any atom is -0.494 e. The van der Waals surface area contributed by atoms with Crippen molar-refractivity contribution in [2.75, 3.05) is 6.61 Å². The highest BCUT2D eigenvalue weighted by atomic mass is 35.5. The minimum atomic E-state index is -0.284. The van der Waals surface area contributed by atoms with Gasteiger partial charge in [-0.15, -0.1) is 0 Å². The summed E-state index contributed by atoms with van der Waals surface area (Å²) in [6.07, 6.45) is 0.585. The zero-order valence-corrected chi connectivity index (χ0v) is 16.5. The van der Waals surface area contributed by atoms with Crippen LogP contribution in [-0.4, -0.2) is 28.2 Å². The van der Waals surface area contributed by atoms with Crippen molar-refractivity contribution in [3.8, 4) is 5.75 Å². The molecule has 1 aromatic heterocycles. The lowest BCUT2D eigenvalue weighted by atomic mass is 9.98. The van der Waals surface area contributed by atoms with Crippen LogP contribution in [0.3, 0.4) is 0 Å². The van der Waals surface area contributed by atoms with E-state index in [-0.39, 0.29) is 11.9 Å². The lowest BCUT2D eigenvalue weighted by molar-refractivity contribution is -0.130. The molecule has 0 N–H and O–H groups in total. The zero-order valence-electron chi connectivity index (χ0n) is 15.7. The van der Waals surface area contributed by atoms with E-state index >= 15 is 0 Å². The SMILES string of the molecule is CCOc1ccc2nc(Cl)c([C@H]3CC(c4ccccc4)=NN3C(C)=O)cc2c1. The molecule has 6 heteroatoms. The Morgan fingerprint density at radius 2 is 2.00 bits per heavy atom. The monoisotopic (exact) mass is 393 g/mol. The molecule has 5 nitrogen and oxygen atoms in total. The number of pyridine rings is 1. The molecule has 0 saturated carbocycles. The van der Waals surface area contributed by atoms with Crippen molar-refractivity contribution in [2.24, 2.45) is 5.10 Å². The second-order valence-electron chi connectivity index (χ2n) is 6.65.